The largest absolute Gasteiger partial charge is 0.309 e. The third-order valence-corrected chi connectivity index (χ3v) is 7.45. The number of anilines is 1. The second kappa shape index (κ2) is 11.5. The van der Waals surface area contributed by atoms with Crippen LogP contribution in [0.4, 0.5) is 11.4 Å². The van der Waals surface area contributed by atoms with E-state index in [1.54, 1.807) is 42.5 Å². The maximum absolute atomic E-state index is 13.8. The van der Waals surface area contributed by atoms with Gasteiger partial charge in [-0.25, -0.2) is 0 Å². The zero-order chi connectivity index (χ0) is 30.1. The number of thiocarbonyl (C=S) groups is 1. The molecule has 210 valence electrons. The van der Waals surface area contributed by atoms with Gasteiger partial charge in [-0.15, -0.1) is 0 Å². The topological polar surface area (TPSA) is 97.5 Å². The smallest absolute Gasteiger partial charge is 0.270 e. The van der Waals surface area contributed by atoms with Crippen LogP contribution in [0, 0.1) is 10.1 Å². The van der Waals surface area contributed by atoms with Crippen LogP contribution in [0.2, 0.25) is 5.02 Å². The second-order valence-corrected chi connectivity index (χ2v) is 10.4. The predicted molar refractivity (Wildman–Crippen MR) is 171 cm³/mol. The number of hydrogen-bond donors (Lipinski definition) is 1. The Kier molecular flexibility index (Phi) is 7.41. The number of amides is 2. The molecule has 2 amide bonds. The number of nitro benzene ring substituents is 1. The molecule has 0 atom stereocenters. The van der Waals surface area contributed by atoms with E-state index in [0.29, 0.717) is 27.7 Å². The van der Waals surface area contributed by atoms with Crippen molar-refractivity contribution in [3.05, 3.63) is 142 Å². The van der Waals surface area contributed by atoms with Crippen LogP contribution in [0.5, 0.6) is 0 Å². The highest BCUT2D eigenvalue weighted by atomic mass is 35.5. The van der Waals surface area contributed by atoms with Gasteiger partial charge in [0, 0.05) is 28.4 Å². The van der Waals surface area contributed by atoms with Gasteiger partial charge in [-0.2, -0.15) is 0 Å². The fourth-order valence-corrected chi connectivity index (χ4v) is 5.47. The van der Waals surface area contributed by atoms with Gasteiger partial charge in [-0.3, -0.25) is 29.9 Å². The van der Waals surface area contributed by atoms with Crippen LogP contribution in [-0.4, -0.2) is 26.4 Å². The van der Waals surface area contributed by atoms with Crippen molar-refractivity contribution in [2.75, 3.05) is 4.90 Å². The number of halogens is 1. The summed E-state index contributed by atoms with van der Waals surface area (Å²) in [6.45, 7) is 0. The van der Waals surface area contributed by atoms with E-state index in [2.05, 4.69) is 5.32 Å². The zero-order valence-corrected chi connectivity index (χ0v) is 23.9. The monoisotopic (exact) mass is 604 g/mol. The number of rotatable bonds is 6. The molecule has 4 aromatic carbocycles. The summed E-state index contributed by atoms with van der Waals surface area (Å²) in [5.74, 6) is -1.23. The quantitative estimate of drug-likeness (QED) is 0.0726. The lowest BCUT2D eigenvalue weighted by Gasteiger charge is -2.29. The fourth-order valence-electron chi connectivity index (χ4n) is 5.01. The van der Waals surface area contributed by atoms with E-state index < -0.39 is 16.7 Å². The van der Waals surface area contributed by atoms with Crippen LogP contribution in [0.15, 0.2) is 121 Å². The number of carbonyl (C=O) groups is 2. The van der Waals surface area contributed by atoms with Crippen LogP contribution >= 0.6 is 23.8 Å². The second-order valence-electron chi connectivity index (χ2n) is 9.61. The first-order chi connectivity index (χ1) is 20.8. The van der Waals surface area contributed by atoms with Crippen LogP contribution in [0.3, 0.4) is 0 Å². The Morgan fingerprint density at radius 3 is 2.07 bits per heavy atom. The van der Waals surface area contributed by atoms with Crippen LogP contribution in [-0.2, 0) is 9.59 Å². The van der Waals surface area contributed by atoms with Crippen molar-refractivity contribution >= 4 is 58.2 Å². The summed E-state index contributed by atoms with van der Waals surface area (Å²) < 4.78 is 1.96. The summed E-state index contributed by atoms with van der Waals surface area (Å²) in [4.78, 5) is 39.2. The van der Waals surface area contributed by atoms with Gasteiger partial charge >= 0.3 is 0 Å². The molecular formula is C33H21ClN4O4S. The molecule has 5 aromatic rings. The first kappa shape index (κ1) is 27.8. The minimum Gasteiger partial charge on any atom is -0.309 e. The molecule has 0 radical (unpaired) electrons. The highest BCUT2D eigenvalue weighted by Crippen LogP contribution is 2.38. The molecule has 8 nitrogen and oxygen atoms in total. The van der Waals surface area contributed by atoms with Crippen molar-refractivity contribution in [2.24, 2.45) is 0 Å². The average Bonchev–Trinajstić information content (AvgIpc) is 3.39. The number of non-ortho nitro benzene ring substituents is 1. The first-order valence-corrected chi connectivity index (χ1v) is 13.9. The Labute approximate surface area is 256 Å². The van der Waals surface area contributed by atoms with Crippen molar-refractivity contribution in [3.8, 4) is 28.2 Å². The maximum atomic E-state index is 13.8. The van der Waals surface area contributed by atoms with Crippen molar-refractivity contribution in [1.82, 2.24) is 9.88 Å². The van der Waals surface area contributed by atoms with E-state index >= 15 is 0 Å². The molecule has 1 aliphatic heterocycles. The highest BCUT2D eigenvalue weighted by Gasteiger charge is 2.35. The number of nitrogens with one attached hydrogen (secondary N) is 1. The van der Waals surface area contributed by atoms with Gasteiger partial charge in [0.15, 0.2) is 5.11 Å². The number of aromatic nitrogens is 1. The molecule has 1 fully saturated rings. The Hall–Kier alpha value is -5.38. The van der Waals surface area contributed by atoms with Crippen molar-refractivity contribution in [1.29, 1.82) is 0 Å². The predicted octanol–water partition coefficient (Wildman–Crippen LogP) is 7.20. The van der Waals surface area contributed by atoms with Gasteiger partial charge in [-0.05, 0) is 65.8 Å². The molecule has 0 saturated carbocycles. The number of hydrogen-bond acceptors (Lipinski definition) is 5. The summed E-state index contributed by atoms with van der Waals surface area (Å²) in [6, 6.07) is 33.9. The molecule has 0 bridgehead atoms. The average molecular weight is 605 g/mol. The molecule has 0 aliphatic carbocycles. The number of nitro groups is 1. The Bertz CT molecular complexity index is 1940. The lowest BCUT2D eigenvalue weighted by atomic mass is 10.0. The van der Waals surface area contributed by atoms with E-state index in [1.165, 1.54) is 17.0 Å². The normalized spacial score (nSPS) is 14.2. The molecule has 1 aromatic heterocycles. The van der Waals surface area contributed by atoms with E-state index in [-0.39, 0.29) is 16.4 Å². The van der Waals surface area contributed by atoms with Gasteiger partial charge in [0.1, 0.15) is 5.57 Å². The molecule has 1 aliphatic rings. The fraction of sp³-hybridized carbons (Fsp3) is 0. The van der Waals surface area contributed by atoms with Crippen LogP contribution in [0.25, 0.3) is 34.3 Å². The molecule has 10 heteroatoms. The van der Waals surface area contributed by atoms with Gasteiger partial charge in [0.05, 0.1) is 22.0 Å². The third-order valence-electron chi connectivity index (χ3n) is 6.93. The molecule has 1 saturated heterocycles. The van der Waals surface area contributed by atoms with Gasteiger partial charge in [0.2, 0.25) is 0 Å². The molecule has 2 heterocycles. The molecule has 0 spiro atoms. The minimum atomic E-state index is -0.628. The molecule has 6 rings (SSSR count). The summed E-state index contributed by atoms with van der Waals surface area (Å²) in [5, 5.41) is 14.4. The summed E-state index contributed by atoms with van der Waals surface area (Å²) in [7, 11) is 0. The summed E-state index contributed by atoms with van der Waals surface area (Å²) in [6.07, 6.45) is 1.55. The van der Waals surface area contributed by atoms with Crippen molar-refractivity contribution in [2.45, 2.75) is 0 Å². The van der Waals surface area contributed by atoms with Gasteiger partial charge in [0.25, 0.3) is 17.5 Å². The molecule has 43 heavy (non-hydrogen) atoms. The number of benzene rings is 4. The van der Waals surface area contributed by atoms with Gasteiger partial charge < -0.3 is 4.57 Å². The van der Waals surface area contributed by atoms with E-state index in [4.69, 9.17) is 23.8 Å². The Morgan fingerprint density at radius 1 is 0.791 bits per heavy atom. The SMILES string of the molecule is O=C1NC(=S)N(c2cccc(Cl)c2)C(=O)C1=Cc1cc(-c2ccccc2)n(-c2ccc([N+](=O)[O-])cc2)c1-c1ccccc1. The standard InChI is InChI=1S/C33H21ClN4O4S/c34-24-12-7-13-27(20-24)37-32(40)28(31(39)35-33(37)43)18-23-19-29(21-8-3-1-4-9-21)36(30(23)22-10-5-2-6-11-22)25-14-16-26(17-15-25)38(41)42/h1-20H,(H,35,39,43). The highest BCUT2D eigenvalue weighted by molar-refractivity contribution is 7.80. The lowest BCUT2D eigenvalue weighted by Crippen LogP contribution is -2.54. The molecular weight excluding hydrogens is 584 g/mol. The van der Waals surface area contributed by atoms with E-state index in [0.717, 1.165) is 16.8 Å². The van der Waals surface area contributed by atoms with E-state index in [9.17, 15) is 19.7 Å². The first-order valence-electron chi connectivity index (χ1n) is 13.1. The van der Waals surface area contributed by atoms with E-state index in [1.807, 2.05) is 71.3 Å². The molecule has 0 unspecified atom stereocenters. The van der Waals surface area contributed by atoms with Crippen molar-refractivity contribution in [3.63, 3.8) is 0 Å². The molecule has 1 N–H and O–H groups in total. The number of nitrogens with zero attached hydrogens (tertiary/aromatic N) is 3. The lowest BCUT2D eigenvalue weighted by molar-refractivity contribution is -0.384. The Balaban J connectivity index is 1.60. The van der Waals surface area contributed by atoms with Crippen LogP contribution in [0.1, 0.15) is 5.56 Å². The van der Waals surface area contributed by atoms with Gasteiger partial charge in [-0.1, -0.05) is 78.3 Å². The summed E-state index contributed by atoms with van der Waals surface area (Å²) in [5.41, 5.74) is 4.62. The van der Waals surface area contributed by atoms with Crippen LogP contribution < -0.4 is 10.2 Å². The maximum Gasteiger partial charge on any atom is 0.270 e. The zero-order valence-electron chi connectivity index (χ0n) is 22.3. The third kappa shape index (κ3) is 5.34. The Morgan fingerprint density at radius 2 is 1.44 bits per heavy atom. The van der Waals surface area contributed by atoms with Crippen molar-refractivity contribution < 1.29 is 14.5 Å². The minimum absolute atomic E-state index is 0.0395. The summed E-state index contributed by atoms with van der Waals surface area (Å²) >= 11 is 11.5. The number of carbonyl (C=O) groups excluding carboxylic acids is 2.